The van der Waals surface area contributed by atoms with Gasteiger partial charge in [-0.25, -0.2) is 8.42 Å². The maximum absolute atomic E-state index is 12.0. The molecule has 1 aliphatic carbocycles. The molecule has 12 heteroatoms. The van der Waals surface area contributed by atoms with Crippen molar-refractivity contribution in [2.24, 2.45) is 5.92 Å². The standard InChI is InChI=1S/C17H34O9S2Si/c1-13(28(20,21)22)12-27-9-7-17(19)26-16-6-5-14(11-15(16)18)8-10-29(23-2,24-3)25-4/h13-16,18H,5-12H2,1-4H3,(H,20,21,22)/p-1. The molecular weight excluding hydrogens is 440 g/mol. The highest BCUT2D eigenvalue weighted by atomic mass is 32.2. The molecule has 0 aliphatic heterocycles. The third-order valence-electron chi connectivity index (χ3n) is 5.23. The molecule has 1 saturated carbocycles. The molecule has 9 nitrogen and oxygen atoms in total. The zero-order chi connectivity index (χ0) is 22.1. The van der Waals surface area contributed by atoms with Crippen LogP contribution < -0.4 is 0 Å². The van der Waals surface area contributed by atoms with Gasteiger partial charge in [0.15, 0.2) is 0 Å². The van der Waals surface area contributed by atoms with Crippen LogP contribution in [0.4, 0.5) is 0 Å². The van der Waals surface area contributed by atoms with Crippen molar-refractivity contribution in [3.63, 3.8) is 0 Å². The fourth-order valence-electron chi connectivity index (χ4n) is 3.26. The minimum Gasteiger partial charge on any atom is -0.748 e. The number of aliphatic hydroxyl groups is 1. The van der Waals surface area contributed by atoms with E-state index in [2.05, 4.69) is 0 Å². The molecule has 1 N–H and O–H groups in total. The third kappa shape index (κ3) is 9.21. The quantitative estimate of drug-likeness (QED) is 0.181. The van der Waals surface area contributed by atoms with Gasteiger partial charge in [-0.1, -0.05) is 0 Å². The second-order valence-corrected chi connectivity index (χ2v) is 13.3. The summed E-state index contributed by atoms with van der Waals surface area (Å²) in [6.07, 6.45) is 1.59. The lowest BCUT2D eigenvalue weighted by molar-refractivity contribution is -0.158. The second kappa shape index (κ2) is 12.6. The zero-order valence-electron chi connectivity index (χ0n) is 17.5. The van der Waals surface area contributed by atoms with E-state index >= 15 is 0 Å². The van der Waals surface area contributed by atoms with Crippen LogP contribution in [0.2, 0.25) is 6.04 Å². The van der Waals surface area contributed by atoms with Crippen LogP contribution in [0.5, 0.6) is 0 Å². The van der Waals surface area contributed by atoms with Crippen molar-refractivity contribution >= 4 is 36.7 Å². The Morgan fingerprint density at radius 1 is 1.24 bits per heavy atom. The molecular formula is C17H33O9S2Si-. The molecule has 0 bridgehead atoms. The number of esters is 1. The van der Waals surface area contributed by atoms with Gasteiger partial charge in [0, 0.05) is 38.9 Å². The van der Waals surface area contributed by atoms with Crippen LogP contribution in [0, 0.1) is 5.92 Å². The fraction of sp³-hybridized carbons (Fsp3) is 0.941. The third-order valence-corrected chi connectivity index (χ3v) is 10.6. The highest BCUT2D eigenvalue weighted by Crippen LogP contribution is 2.32. The summed E-state index contributed by atoms with van der Waals surface area (Å²) in [5.74, 6) is 0.352. The van der Waals surface area contributed by atoms with E-state index in [1.807, 2.05) is 0 Å². The van der Waals surface area contributed by atoms with Gasteiger partial charge in [0.25, 0.3) is 0 Å². The first-order valence-corrected chi connectivity index (χ1v) is 14.2. The normalized spacial score (nSPS) is 24.3. The number of aliphatic hydroxyl groups excluding tert-OH is 1. The summed E-state index contributed by atoms with van der Waals surface area (Å²) < 4.78 is 54.1. The molecule has 0 radical (unpaired) electrons. The van der Waals surface area contributed by atoms with Gasteiger partial charge < -0.3 is 27.7 Å². The van der Waals surface area contributed by atoms with E-state index in [1.165, 1.54) is 18.7 Å². The Labute approximate surface area is 178 Å². The van der Waals surface area contributed by atoms with E-state index in [1.54, 1.807) is 21.3 Å². The summed E-state index contributed by atoms with van der Waals surface area (Å²) in [6, 6.07) is 0.660. The number of thioether (sulfide) groups is 1. The minimum atomic E-state index is -4.30. The molecule has 4 unspecified atom stereocenters. The molecule has 0 aromatic rings. The van der Waals surface area contributed by atoms with E-state index in [9.17, 15) is 22.9 Å². The number of carbonyl (C=O) groups is 1. The second-order valence-electron chi connectivity index (χ2n) is 7.24. The number of hydrogen-bond donors (Lipinski definition) is 1. The molecule has 1 rings (SSSR count). The van der Waals surface area contributed by atoms with Crippen molar-refractivity contribution in [3.05, 3.63) is 0 Å². The smallest absolute Gasteiger partial charge is 0.500 e. The van der Waals surface area contributed by atoms with E-state index in [0.717, 1.165) is 12.8 Å². The van der Waals surface area contributed by atoms with Gasteiger partial charge in [0.05, 0.1) is 27.9 Å². The van der Waals surface area contributed by atoms with Crippen LogP contribution >= 0.6 is 11.8 Å². The van der Waals surface area contributed by atoms with E-state index in [-0.39, 0.29) is 18.1 Å². The Morgan fingerprint density at radius 2 is 1.86 bits per heavy atom. The highest BCUT2D eigenvalue weighted by molar-refractivity contribution is 8.00. The molecule has 1 fully saturated rings. The van der Waals surface area contributed by atoms with Crippen molar-refractivity contribution in [2.75, 3.05) is 32.8 Å². The van der Waals surface area contributed by atoms with Gasteiger partial charge in [-0.15, -0.1) is 0 Å². The largest absolute Gasteiger partial charge is 0.748 e. The number of carbonyl (C=O) groups excluding carboxylic acids is 1. The van der Waals surface area contributed by atoms with Crippen LogP contribution in [-0.2, 0) is 32.9 Å². The maximum Gasteiger partial charge on any atom is 0.500 e. The lowest BCUT2D eigenvalue weighted by atomic mass is 9.84. The van der Waals surface area contributed by atoms with E-state index in [4.69, 9.17) is 18.0 Å². The first-order valence-electron chi connectivity index (χ1n) is 9.62. The molecule has 29 heavy (non-hydrogen) atoms. The molecule has 0 heterocycles. The van der Waals surface area contributed by atoms with E-state index in [0.29, 0.717) is 24.6 Å². The van der Waals surface area contributed by atoms with Crippen molar-refractivity contribution in [1.29, 1.82) is 0 Å². The van der Waals surface area contributed by atoms with Crippen molar-refractivity contribution < 1.29 is 40.9 Å². The van der Waals surface area contributed by atoms with Gasteiger partial charge in [-0.3, -0.25) is 4.79 Å². The molecule has 0 aromatic heterocycles. The van der Waals surface area contributed by atoms with Gasteiger partial charge in [0.2, 0.25) is 0 Å². The Bertz CT molecular complexity index is 589. The molecule has 172 valence electrons. The predicted molar refractivity (Wildman–Crippen MR) is 111 cm³/mol. The summed E-state index contributed by atoms with van der Waals surface area (Å²) in [7, 11) is -2.21. The number of hydrogen-bond acceptors (Lipinski definition) is 10. The van der Waals surface area contributed by atoms with Gasteiger partial charge >= 0.3 is 14.8 Å². The topological polar surface area (TPSA) is 131 Å². The Kier molecular flexibility index (Phi) is 11.6. The number of ether oxygens (including phenoxy) is 1. The zero-order valence-corrected chi connectivity index (χ0v) is 20.1. The maximum atomic E-state index is 12.0. The molecule has 0 amide bonds. The van der Waals surface area contributed by atoms with Crippen LogP contribution in [0.1, 0.15) is 39.0 Å². The van der Waals surface area contributed by atoms with Gasteiger partial charge in [-0.2, -0.15) is 11.8 Å². The van der Waals surface area contributed by atoms with Crippen molar-refractivity contribution in [1.82, 2.24) is 0 Å². The monoisotopic (exact) mass is 473 g/mol. The average Bonchev–Trinajstić information content (AvgIpc) is 2.67. The van der Waals surface area contributed by atoms with Gasteiger partial charge in [-0.05, 0) is 38.5 Å². The van der Waals surface area contributed by atoms with Crippen LogP contribution in [-0.4, -0.2) is 83.1 Å². The van der Waals surface area contributed by atoms with Crippen LogP contribution in [0.15, 0.2) is 0 Å². The molecule has 4 atom stereocenters. The summed E-state index contributed by atoms with van der Waals surface area (Å²) in [5.41, 5.74) is 0. The van der Waals surface area contributed by atoms with Crippen molar-refractivity contribution in [2.45, 2.75) is 62.5 Å². The Hall–Kier alpha value is -0.213. The minimum absolute atomic E-state index is 0.104. The Balaban J connectivity index is 2.32. The highest BCUT2D eigenvalue weighted by Gasteiger charge is 2.39. The van der Waals surface area contributed by atoms with E-state index < -0.39 is 42.3 Å². The molecule has 0 aromatic carbocycles. The van der Waals surface area contributed by atoms with Crippen molar-refractivity contribution in [3.8, 4) is 0 Å². The Morgan fingerprint density at radius 3 is 2.38 bits per heavy atom. The SMILES string of the molecule is CO[Si](CCC1CCC(OC(=O)CCSCC(C)S(=O)(=O)[O-])C(O)C1)(OC)OC. The first-order chi connectivity index (χ1) is 13.6. The van der Waals surface area contributed by atoms with Crippen LogP contribution in [0.25, 0.3) is 0 Å². The molecule has 0 saturated heterocycles. The predicted octanol–water partition coefficient (Wildman–Crippen LogP) is 1.38. The number of rotatable bonds is 13. The summed E-state index contributed by atoms with van der Waals surface area (Å²) in [6.45, 7) is 1.35. The lowest BCUT2D eigenvalue weighted by Gasteiger charge is -2.34. The van der Waals surface area contributed by atoms with Gasteiger partial charge in [0.1, 0.15) is 6.10 Å². The molecule has 0 spiro atoms. The first kappa shape index (κ1) is 26.8. The summed E-state index contributed by atoms with van der Waals surface area (Å²) >= 11 is 1.22. The molecule has 1 aliphatic rings. The lowest BCUT2D eigenvalue weighted by Crippen LogP contribution is -2.44. The average molecular weight is 474 g/mol. The summed E-state index contributed by atoms with van der Waals surface area (Å²) in [4.78, 5) is 12.0. The summed E-state index contributed by atoms with van der Waals surface area (Å²) in [5, 5.41) is 9.37. The van der Waals surface area contributed by atoms with Crippen LogP contribution in [0.3, 0.4) is 0 Å². The fourth-order valence-corrected chi connectivity index (χ4v) is 6.90.